The van der Waals surface area contributed by atoms with Gasteiger partial charge in [0.1, 0.15) is 0 Å². The van der Waals surface area contributed by atoms with Crippen molar-refractivity contribution in [2.45, 2.75) is 12.8 Å². The van der Waals surface area contributed by atoms with Crippen LogP contribution in [0.3, 0.4) is 0 Å². The zero-order valence-corrected chi connectivity index (χ0v) is 6.96. The third-order valence-electron chi connectivity index (χ3n) is 2.17. The molecule has 0 fully saturated rings. The van der Waals surface area contributed by atoms with Gasteiger partial charge in [0.15, 0.2) is 0 Å². The van der Waals surface area contributed by atoms with Gasteiger partial charge >= 0.3 is 0 Å². The molecule has 0 unspecified atom stereocenters. The van der Waals surface area contributed by atoms with Gasteiger partial charge in [-0.1, -0.05) is 12.2 Å². The fraction of sp³-hybridized carbons (Fsp3) is 0.300. The van der Waals surface area contributed by atoms with Gasteiger partial charge in [-0.05, 0) is 31.0 Å². The molecule has 1 aliphatic heterocycles. The Kier molecular flexibility index (Phi) is 1.92. The van der Waals surface area contributed by atoms with Gasteiger partial charge in [-0.15, -0.1) is 0 Å². The van der Waals surface area contributed by atoms with E-state index in [1.165, 1.54) is 11.1 Å². The highest BCUT2D eigenvalue weighted by Gasteiger charge is 2.13. The molecule has 0 radical (unpaired) electrons. The van der Waals surface area contributed by atoms with Crippen molar-refractivity contribution in [1.29, 1.82) is 0 Å². The SMILES string of the molecule is NCCC1=C2N=CC=C2C=CC1. The van der Waals surface area contributed by atoms with Crippen LogP contribution in [0.5, 0.6) is 0 Å². The lowest BCUT2D eigenvalue weighted by molar-refractivity contribution is 0.895. The first-order chi connectivity index (χ1) is 5.92. The maximum Gasteiger partial charge on any atom is 0.0697 e. The first kappa shape index (κ1) is 7.50. The van der Waals surface area contributed by atoms with Crippen molar-refractivity contribution in [3.05, 3.63) is 35.1 Å². The monoisotopic (exact) mass is 160 g/mol. The number of rotatable bonds is 2. The van der Waals surface area contributed by atoms with E-state index in [9.17, 15) is 0 Å². The van der Waals surface area contributed by atoms with Crippen LogP contribution >= 0.6 is 0 Å². The summed E-state index contributed by atoms with van der Waals surface area (Å²) in [7, 11) is 0. The molecule has 0 spiro atoms. The molecule has 2 nitrogen and oxygen atoms in total. The lowest BCUT2D eigenvalue weighted by atomic mass is 9.97. The van der Waals surface area contributed by atoms with Crippen molar-refractivity contribution in [3.8, 4) is 0 Å². The van der Waals surface area contributed by atoms with Gasteiger partial charge in [-0.3, -0.25) is 4.99 Å². The molecule has 0 saturated carbocycles. The van der Waals surface area contributed by atoms with E-state index < -0.39 is 0 Å². The van der Waals surface area contributed by atoms with Crippen LogP contribution in [0, 0.1) is 0 Å². The first-order valence-corrected chi connectivity index (χ1v) is 4.25. The van der Waals surface area contributed by atoms with Crippen LogP contribution in [0.1, 0.15) is 12.8 Å². The predicted molar refractivity (Wildman–Crippen MR) is 51.0 cm³/mol. The molecule has 2 rings (SSSR count). The number of hydrogen-bond acceptors (Lipinski definition) is 2. The molecule has 2 aliphatic rings. The molecule has 12 heavy (non-hydrogen) atoms. The molecule has 0 saturated heterocycles. The smallest absolute Gasteiger partial charge is 0.0697 e. The Morgan fingerprint density at radius 1 is 1.50 bits per heavy atom. The average molecular weight is 160 g/mol. The number of allylic oxidation sites excluding steroid dienone is 3. The van der Waals surface area contributed by atoms with Gasteiger partial charge in [-0.2, -0.15) is 0 Å². The molecule has 0 aromatic heterocycles. The fourth-order valence-electron chi connectivity index (χ4n) is 1.59. The maximum absolute atomic E-state index is 5.51. The molecule has 2 heteroatoms. The van der Waals surface area contributed by atoms with Gasteiger partial charge in [0.05, 0.1) is 5.70 Å². The fourth-order valence-corrected chi connectivity index (χ4v) is 1.59. The summed E-state index contributed by atoms with van der Waals surface area (Å²) in [5.74, 6) is 0. The highest BCUT2D eigenvalue weighted by Crippen LogP contribution is 2.29. The van der Waals surface area contributed by atoms with Crippen molar-refractivity contribution in [2.24, 2.45) is 10.7 Å². The number of fused-ring (bicyclic) bond motifs is 1. The average Bonchev–Trinajstić information content (AvgIpc) is 2.53. The summed E-state index contributed by atoms with van der Waals surface area (Å²) in [6, 6.07) is 0. The zero-order chi connectivity index (χ0) is 8.39. The van der Waals surface area contributed by atoms with Crippen molar-refractivity contribution >= 4 is 6.21 Å². The Morgan fingerprint density at radius 2 is 2.42 bits per heavy atom. The zero-order valence-electron chi connectivity index (χ0n) is 6.96. The van der Waals surface area contributed by atoms with E-state index >= 15 is 0 Å². The Morgan fingerprint density at radius 3 is 3.25 bits per heavy atom. The summed E-state index contributed by atoms with van der Waals surface area (Å²) in [5.41, 5.74) is 9.28. The van der Waals surface area contributed by atoms with Crippen molar-refractivity contribution in [1.82, 2.24) is 0 Å². The normalized spacial score (nSPS) is 19.9. The molecule has 0 amide bonds. The number of nitrogens with two attached hydrogens (primary N) is 1. The summed E-state index contributed by atoms with van der Waals surface area (Å²) in [6.07, 6.45) is 10.2. The lowest BCUT2D eigenvalue weighted by Gasteiger charge is -2.12. The topological polar surface area (TPSA) is 38.4 Å². The number of aliphatic imine (C=N–C) groups is 1. The summed E-state index contributed by atoms with van der Waals surface area (Å²) in [6.45, 7) is 0.718. The summed E-state index contributed by atoms with van der Waals surface area (Å²) in [5, 5.41) is 0. The molecular weight excluding hydrogens is 148 g/mol. The predicted octanol–water partition coefficient (Wildman–Crippen LogP) is 1.56. The van der Waals surface area contributed by atoms with Crippen LogP contribution in [-0.4, -0.2) is 12.8 Å². The van der Waals surface area contributed by atoms with E-state index in [1.807, 2.05) is 12.3 Å². The highest BCUT2D eigenvalue weighted by molar-refractivity contribution is 5.81. The lowest BCUT2D eigenvalue weighted by Crippen LogP contribution is -2.03. The molecule has 0 aromatic carbocycles. The van der Waals surface area contributed by atoms with Gasteiger partial charge in [-0.25, -0.2) is 0 Å². The third kappa shape index (κ3) is 1.14. The molecule has 0 bridgehead atoms. The minimum absolute atomic E-state index is 0.718. The Labute approximate surface area is 72.2 Å². The van der Waals surface area contributed by atoms with Crippen molar-refractivity contribution in [3.63, 3.8) is 0 Å². The van der Waals surface area contributed by atoms with E-state index in [0.29, 0.717) is 0 Å². The van der Waals surface area contributed by atoms with Crippen LogP contribution in [-0.2, 0) is 0 Å². The second-order valence-electron chi connectivity index (χ2n) is 3.00. The van der Waals surface area contributed by atoms with E-state index in [-0.39, 0.29) is 0 Å². The molecule has 2 N–H and O–H groups in total. The molecule has 1 aliphatic carbocycles. The summed E-state index contributed by atoms with van der Waals surface area (Å²) < 4.78 is 0. The Balaban J connectivity index is 2.31. The summed E-state index contributed by atoms with van der Waals surface area (Å²) >= 11 is 0. The van der Waals surface area contributed by atoms with E-state index in [4.69, 9.17) is 5.73 Å². The molecule has 1 heterocycles. The quantitative estimate of drug-likeness (QED) is 0.654. The molecule has 0 aromatic rings. The highest BCUT2D eigenvalue weighted by atomic mass is 14.8. The van der Waals surface area contributed by atoms with Crippen LogP contribution < -0.4 is 5.73 Å². The van der Waals surface area contributed by atoms with Crippen LogP contribution in [0.25, 0.3) is 0 Å². The van der Waals surface area contributed by atoms with Crippen molar-refractivity contribution in [2.75, 3.05) is 6.54 Å². The van der Waals surface area contributed by atoms with Crippen LogP contribution in [0.15, 0.2) is 40.1 Å². The maximum atomic E-state index is 5.51. The van der Waals surface area contributed by atoms with E-state index in [2.05, 4.69) is 17.1 Å². The Hall–Kier alpha value is -1.15. The largest absolute Gasteiger partial charge is 0.330 e. The molecule has 62 valence electrons. The number of nitrogens with zero attached hydrogens (tertiary/aromatic N) is 1. The number of hydrogen-bond donors (Lipinski definition) is 1. The Bertz CT molecular complexity index is 306. The molecule has 0 atom stereocenters. The van der Waals surface area contributed by atoms with Gasteiger partial charge in [0, 0.05) is 11.8 Å². The first-order valence-electron chi connectivity index (χ1n) is 4.25. The van der Waals surface area contributed by atoms with E-state index in [0.717, 1.165) is 25.1 Å². The summed E-state index contributed by atoms with van der Waals surface area (Å²) in [4.78, 5) is 4.31. The van der Waals surface area contributed by atoms with Gasteiger partial charge < -0.3 is 5.73 Å². The molecular formula is C10H12N2. The van der Waals surface area contributed by atoms with Gasteiger partial charge in [0.25, 0.3) is 0 Å². The second kappa shape index (κ2) is 3.07. The standard InChI is InChI=1S/C10H12N2/c11-6-4-8-2-1-3-9-5-7-12-10(8)9/h1,3,5,7H,2,4,6,11H2. The minimum atomic E-state index is 0.718. The van der Waals surface area contributed by atoms with E-state index in [1.54, 1.807) is 0 Å². The third-order valence-corrected chi connectivity index (χ3v) is 2.17. The minimum Gasteiger partial charge on any atom is -0.330 e. The van der Waals surface area contributed by atoms with Crippen LogP contribution in [0.4, 0.5) is 0 Å². The van der Waals surface area contributed by atoms with Crippen LogP contribution in [0.2, 0.25) is 0 Å². The van der Waals surface area contributed by atoms with Gasteiger partial charge in [0.2, 0.25) is 0 Å². The van der Waals surface area contributed by atoms with Crippen molar-refractivity contribution < 1.29 is 0 Å². The second-order valence-corrected chi connectivity index (χ2v) is 3.00.